The summed E-state index contributed by atoms with van der Waals surface area (Å²) < 4.78 is 5.64. The number of carbonyl (C=O) groups is 1. The minimum Gasteiger partial charge on any atom is -0.379 e. The standard InChI is InChI=1S/C32H37N7O2/c1-33-20-31(40)34-12-15-41-14-11-30-35-19-28(36-30)25-8-7-21-16-22(5-6-23(21)17-25)24-9-10-26-27(18-24)38-32(37-26)29-4-3-13-39(29)2/h5-10,16-19,29,33H,3-4,11-15,20H2,1-2H3,(H,34,40)(H,35,36)(H,37,38). The van der Waals surface area contributed by atoms with Crippen LogP contribution >= 0.6 is 0 Å². The van der Waals surface area contributed by atoms with Gasteiger partial charge in [0.15, 0.2) is 0 Å². The summed E-state index contributed by atoms with van der Waals surface area (Å²) >= 11 is 0. The van der Waals surface area contributed by atoms with E-state index in [1.165, 1.54) is 28.3 Å². The molecule has 1 aliphatic heterocycles. The average molecular weight is 552 g/mol. The SMILES string of the molecule is CNCC(=O)NCCOCCc1ncc(-c2ccc3cc(-c4ccc5nc(C6CCCN6C)[nH]c5c4)ccc3c2)[nH]1. The van der Waals surface area contributed by atoms with Crippen molar-refractivity contribution in [3.63, 3.8) is 0 Å². The molecule has 0 aliphatic carbocycles. The third-order valence-electron chi connectivity index (χ3n) is 7.84. The largest absolute Gasteiger partial charge is 0.379 e. The minimum absolute atomic E-state index is 0.0322. The molecular formula is C32H37N7O2. The van der Waals surface area contributed by atoms with Gasteiger partial charge in [-0.25, -0.2) is 9.97 Å². The van der Waals surface area contributed by atoms with Crippen LogP contribution in [0.15, 0.2) is 60.8 Å². The second kappa shape index (κ2) is 12.2. The summed E-state index contributed by atoms with van der Waals surface area (Å²) in [5, 5.41) is 7.99. The number of aromatic amines is 2. The van der Waals surface area contributed by atoms with Crippen molar-refractivity contribution in [3.8, 4) is 22.4 Å². The first-order chi connectivity index (χ1) is 20.1. The number of hydrogen-bond acceptors (Lipinski definition) is 6. The molecule has 0 bridgehead atoms. The third-order valence-corrected chi connectivity index (χ3v) is 7.84. The highest BCUT2D eigenvalue weighted by Crippen LogP contribution is 2.32. The molecule has 1 aliphatic rings. The molecule has 9 heteroatoms. The van der Waals surface area contributed by atoms with E-state index in [1.54, 1.807) is 7.05 Å². The molecule has 1 atom stereocenters. The summed E-state index contributed by atoms with van der Waals surface area (Å²) in [7, 11) is 3.92. The second-order valence-electron chi connectivity index (χ2n) is 10.8. The molecule has 3 heterocycles. The van der Waals surface area contributed by atoms with Crippen LogP contribution in [0.5, 0.6) is 0 Å². The van der Waals surface area contributed by atoms with Gasteiger partial charge in [0, 0.05) is 18.5 Å². The van der Waals surface area contributed by atoms with E-state index in [9.17, 15) is 4.79 Å². The Kier molecular flexibility index (Phi) is 8.09. The highest BCUT2D eigenvalue weighted by molar-refractivity contribution is 5.91. The predicted octanol–water partition coefficient (Wildman–Crippen LogP) is 4.43. The van der Waals surface area contributed by atoms with E-state index in [0.717, 1.165) is 46.9 Å². The number of rotatable bonds is 11. The molecule has 6 rings (SSSR count). The van der Waals surface area contributed by atoms with Gasteiger partial charge >= 0.3 is 0 Å². The molecule has 9 nitrogen and oxygen atoms in total. The van der Waals surface area contributed by atoms with Gasteiger partial charge in [0.1, 0.15) is 11.6 Å². The van der Waals surface area contributed by atoms with Gasteiger partial charge in [-0.05, 0) is 79.6 Å². The average Bonchev–Trinajstić information content (AvgIpc) is 3.73. The number of H-pyrrole nitrogens is 2. The molecule has 4 N–H and O–H groups in total. The fourth-order valence-corrected chi connectivity index (χ4v) is 5.61. The summed E-state index contributed by atoms with van der Waals surface area (Å²) in [6.45, 7) is 2.96. The van der Waals surface area contributed by atoms with E-state index in [-0.39, 0.29) is 5.91 Å². The summed E-state index contributed by atoms with van der Waals surface area (Å²) in [6.07, 6.45) is 4.93. The fraction of sp³-hybridized carbons (Fsp3) is 0.344. The number of imidazole rings is 2. The molecule has 212 valence electrons. The van der Waals surface area contributed by atoms with Gasteiger partial charge in [0.05, 0.1) is 48.7 Å². The fourth-order valence-electron chi connectivity index (χ4n) is 5.61. The van der Waals surface area contributed by atoms with E-state index in [0.29, 0.717) is 38.8 Å². The molecule has 1 unspecified atom stereocenters. The number of hydrogen-bond donors (Lipinski definition) is 4. The first-order valence-corrected chi connectivity index (χ1v) is 14.3. The summed E-state index contributed by atoms with van der Waals surface area (Å²) in [5.41, 5.74) is 6.56. The number of benzene rings is 3. The highest BCUT2D eigenvalue weighted by Gasteiger charge is 2.25. The van der Waals surface area contributed by atoms with Gasteiger partial charge in [0.25, 0.3) is 0 Å². The van der Waals surface area contributed by atoms with Gasteiger partial charge in [-0.2, -0.15) is 0 Å². The minimum atomic E-state index is -0.0322. The summed E-state index contributed by atoms with van der Waals surface area (Å²) in [6, 6.07) is 20.0. The van der Waals surface area contributed by atoms with Crippen LogP contribution in [-0.2, 0) is 16.0 Å². The number of amides is 1. The number of likely N-dealkylation sites (N-methyl/N-ethyl adjacent to an activating group) is 1. The predicted molar refractivity (Wildman–Crippen MR) is 163 cm³/mol. The molecule has 2 aromatic heterocycles. The number of nitrogens with one attached hydrogen (secondary N) is 4. The van der Waals surface area contributed by atoms with Crippen LogP contribution in [0.25, 0.3) is 44.2 Å². The van der Waals surface area contributed by atoms with E-state index >= 15 is 0 Å². The van der Waals surface area contributed by atoms with E-state index < -0.39 is 0 Å². The van der Waals surface area contributed by atoms with Crippen LogP contribution < -0.4 is 10.6 Å². The molecule has 1 fully saturated rings. The molecule has 3 aromatic carbocycles. The van der Waals surface area contributed by atoms with Crippen molar-refractivity contribution in [2.45, 2.75) is 25.3 Å². The van der Waals surface area contributed by atoms with Crippen molar-refractivity contribution < 1.29 is 9.53 Å². The Labute approximate surface area is 239 Å². The normalized spacial score (nSPS) is 15.7. The van der Waals surface area contributed by atoms with E-state index in [4.69, 9.17) is 9.72 Å². The molecule has 0 saturated carbocycles. The van der Waals surface area contributed by atoms with Gasteiger partial charge < -0.3 is 25.3 Å². The molecular weight excluding hydrogens is 514 g/mol. The van der Waals surface area contributed by atoms with Crippen LogP contribution in [0.3, 0.4) is 0 Å². The maximum atomic E-state index is 11.4. The van der Waals surface area contributed by atoms with Gasteiger partial charge in [-0.15, -0.1) is 0 Å². The number of ether oxygens (including phenoxy) is 1. The Morgan fingerprint density at radius 3 is 2.61 bits per heavy atom. The molecule has 0 radical (unpaired) electrons. The third kappa shape index (κ3) is 6.17. The van der Waals surface area contributed by atoms with E-state index in [2.05, 4.69) is 92.1 Å². The van der Waals surface area contributed by atoms with Crippen LogP contribution in [0.2, 0.25) is 0 Å². The van der Waals surface area contributed by atoms with Crippen molar-refractivity contribution in [3.05, 3.63) is 72.4 Å². The molecule has 1 saturated heterocycles. The first kappa shape index (κ1) is 27.1. The zero-order chi connectivity index (χ0) is 28.2. The van der Waals surface area contributed by atoms with Crippen LogP contribution in [0, 0.1) is 0 Å². The molecule has 41 heavy (non-hydrogen) atoms. The Hall–Kier alpha value is -4.05. The highest BCUT2D eigenvalue weighted by atomic mass is 16.5. The zero-order valence-corrected chi connectivity index (χ0v) is 23.7. The number of aromatic nitrogens is 4. The Morgan fingerprint density at radius 2 is 1.80 bits per heavy atom. The van der Waals surface area contributed by atoms with Crippen molar-refractivity contribution >= 4 is 27.7 Å². The number of fused-ring (bicyclic) bond motifs is 2. The van der Waals surface area contributed by atoms with Gasteiger partial charge in [-0.1, -0.05) is 30.3 Å². The van der Waals surface area contributed by atoms with Crippen molar-refractivity contribution in [2.24, 2.45) is 0 Å². The number of likely N-dealkylation sites (tertiary alicyclic amines) is 1. The Bertz CT molecular complexity index is 1660. The van der Waals surface area contributed by atoms with Crippen LogP contribution in [0.4, 0.5) is 0 Å². The van der Waals surface area contributed by atoms with Crippen LogP contribution in [0.1, 0.15) is 30.5 Å². The monoisotopic (exact) mass is 551 g/mol. The van der Waals surface area contributed by atoms with Crippen molar-refractivity contribution in [1.82, 2.24) is 35.5 Å². The maximum absolute atomic E-state index is 11.4. The second-order valence-corrected chi connectivity index (χ2v) is 10.8. The lowest BCUT2D eigenvalue weighted by Crippen LogP contribution is -2.34. The first-order valence-electron chi connectivity index (χ1n) is 14.3. The van der Waals surface area contributed by atoms with E-state index in [1.807, 2.05) is 6.20 Å². The quantitative estimate of drug-likeness (QED) is 0.181. The number of carbonyl (C=O) groups excluding carboxylic acids is 1. The molecule has 1 amide bonds. The smallest absolute Gasteiger partial charge is 0.234 e. The topological polar surface area (TPSA) is 111 Å². The van der Waals surface area contributed by atoms with Gasteiger partial charge in [-0.3, -0.25) is 9.69 Å². The summed E-state index contributed by atoms with van der Waals surface area (Å²) in [4.78, 5) is 30.2. The molecule has 0 spiro atoms. The Morgan fingerprint density at radius 1 is 1.02 bits per heavy atom. The van der Waals surface area contributed by atoms with Crippen LogP contribution in [-0.4, -0.2) is 77.7 Å². The Balaban J connectivity index is 1.10. The summed E-state index contributed by atoms with van der Waals surface area (Å²) in [5.74, 6) is 1.92. The van der Waals surface area contributed by atoms with Gasteiger partial charge in [0.2, 0.25) is 5.91 Å². The molecule has 5 aromatic rings. The number of nitrogens with zero attached hydrogens (tertiary/aromatic N) is 3. The zero-order valence-electron chi connectivity index (χ0n) is 23.7. The van der Waals surface area contributed by atoms with Crippen molar-refractivity contribution in [2.75, 3.05) is 46.9 Å². The lowest BCUT2D eigenvalue weighted by Gasteiger charge is -2.16. The van der Waals surface area contributed by atoms with Crippen molar-refractivity contribution in [1.29, 1.82) is 0 Å². The maximum Gasteiger partial charge on any atom is 0.234 e. The lowest BCUT2D eigenvalue weighted by atomic mass is 9.99. The lowest BCUT2D eigenvalue weighted by molar-refractivity contribution is -0.120.